The Balaban J connectivity index is 1.69. The average molecular weight is 421 g/mol. The lowest BCUT2D eigenvalue weighted by molar-refractivity contribution is -0.138. The number of carbonyl (C=O) groups excluding carboxylic acids is 1. The van der Waals surface area contributed by atoms with Crippen LogP contribution in [0, 0.1) is 0 Å². The van der Waals surface area contributed by atoms with Crippen LogP contribution in [0.2, 0.25) is 0 Å². The molecule has 31 heavy (non-hydrogen) atoms. The van der Waals surface area contributed by atoms with Gasteiger partial charge in [-0.2, -0.15) is 13.2 Å². The molecule has 0 bridgehead atoms. The summed E-state index contributed by atoms with van der Waals surface area (Å²) in [5, 5.41) is 7.74. The van der Waals surface area contributed by atoms with Crippen molar-refractivity contribution in [2.45, 2.75) is 12.7 Å². The fourth-order valence-electron chi connectivity index (χ4n) is 3.92. The van der Waals surface area contributed by atoms with Gasteiger partial charge in [-0.1, -0.05) is 48.5 Å². The van der Waals surface area contributed by atoms with E-state index in [4.69, 9.17) is 4.42 Å². The highest BCUT2D eigenvalue weighted by Gasteiger charge is 2.40. The molecule has 8 heteroatoms. The van der Waals surface area contributed by atoms with Crippen molar-refractivity contribution in [3.05, 3.63) is 89.8 Å². The lowest BCUT2D eigenvalue weighted by Gasteiger charge is -2.21. The van der Waals surface area contributed by atoms with E-state index in [2.05, 4.69) is 10.2 Å². The van der Waals surface area contributed by atoms with Crippen molar-refractivity contribution in [1.82, 2.24) is 10.2 Å². The summed E-state index contributed by atoms with van der Waals surface area (Å²) in [5.74, 6) is -0.332. The van der Waals surface area contributed by atoms with Crippen LogP contribution in [0.3, 0.4) is 0 Å². The molecule has 154 valence electrons. The van der Waals surface area contributed by atoms with E-state index < -0.39 is 17.6 Å². The molecule has 1 aliphatic rings. The minimum Gasteiger partial charge on any atom is -0.423 e. The number of rotatable bonds is 3. The molecule has 4 aromatic rings. The van der Waals surface area contributed by atoms with E-state index in [1.54, 1.807) is 12.1 Å². The molecule has 2 heterocycles. The Hall–Kier alpha value is -3.94. The molecule has 1 aliphatic heterocycles. The first-order valence-electron chi connectivity index (χ1n) is 9.41. The molecule has 3 aromatic carbocycles. The van der Waals surface area contributed by atoms with Crippen molar-refractivity contribution >= 4 is 11.6 Å². The Morgan fingerprint density at radius 1 is 0.903 bits per heavy atom. The summed E-state index contributed by atoms with van der Waals surface area (Å²) in [6.45, 7) is -0.205. The zero-order valence-corrected chi connectivity index (χ0v) is 15.9. The van der Waals surface area contributed by atoms with Crippen LogP contribution in [0.1, 0.15) is 21.5 Å². The summed E-state index contributed by atoms with van der Waals surface area (Å²) < 4.78 is 46.0. The van der Waals surface area contributed by atoms with Crippen molar-refractivity contribution in [2.24, 2.45) is 0 Å². The quantitative estimate of drug-likeness (QED) is 0.433. The smallest absolute Gasteiger partial charge is 0.416 e. The zero-order valence-electron chi connectivity index (χ0n) is 15.9. The van der Waals surface area contributed by atoms with Gasteiger partial charge in [-0.05, 0) is 34.9 Å². The second kappa shape index (κ2) is 7.09. The van der Waals surface area contributed by atoms with E-state index in [1.807, 2.05) is 36.4 Å². The maximum Gasteiger partial charge on any atom is 0.416 e. The minimum absolute atomic E-state index is 0.0384. The first-order chi connectivity index (χ1) is 14.9. The van der Waals surface area contributed by atoms with Gasteiger partial charge in [-0.25, -0.2) is 0 Å². The Kier molecular flexibility index (Phi) is 4.35. The van der Waals surface area contributed by atoms with Gasteiger partial charge in [0.1, 0.15) is 0 Å². The second-order valence-corrected chi connectivity index (χ2v) is 7.03. The Morgan fingerprint density at radius 3 is 2.35 bits per heavy atom. The van der Waals surface area contributed by atoms with Gasteiger partial charge in [-0.3, -0.25) is 4.79 Å². The summed E-state index contributed by atoms with van der Waals surface area (Å²) in [4.78, 5) is 14.5. The highest BCUT2D eigenvalue weighted by Crippen LogP contribution is 2.43. The molecule has 0 unspecified atom stereocenters. The average Bonchev–Trinajstić information content (AvgIpc) is 3.41. The van der Waals surface area contributed by atoms with E-state index in [9.17, 15) is 18.0 Å². The second-order valence-electron chi connectivity index (χ2n) is 7.03. The molecule has 0 radical (unpaired) electrons. The van der Waals surface area contributed by atoms with E-state index >= 15 is 0 Å². The van der Waals surface area contributed by atoms with Crippen molar-refractivity contribution in [2.75, 3.05) is 4.90 Å². The van der Waals surface area contributed by atoms with E-state index in [-0.39, 0.29) is 23.6 Å². The summed E-state index contributed by atoms with van der Waals surface area (Å²) in [6.07, 6.45) is -3.38. The number of carbonyl (C=O) groups is 1. The first kappa shape index (κ1) is 19.0. The molecule has 0 saturated carbocycles. The third kappa shape index (κ3) is 3.16. The lowest BCUT2D eigenvalue weighted by Crippen LogP contribution is -2.24. The largest absolute Gasteiger partial charge is 0.423 e. The van der Waals surface area contributed by atoms with Crippen LogP contribution in [0.4, 0.5) is 18.9 Å². The number of nitrogens with zero attached hydrogens (tertiary/aromatic N) is 3. The summed E-state index contributed by atoms with van der Waals surface area (Å²) in [6, 6.07) is 18.3. The molecule has 0 aliphatic carbocycles. The summed E-state index contributed by atoms with van der Waals surface area (Å²) in [5.41, 5.74) is 1.65. The van der Waals surface area contributed by atoms with Gasteiger partial charge in [0.25, 0.3) is 5.91 Å². The highest BCUT2D eigenvalue weighted by atomic mass is 19.4. The topological polar surface area (TPSA) is 59.2 Å². The van der Waals surface area contributed by atoms with Crippen LogP contribution < -0.4 is 4.90 Å². The van der Waals surface area contributed by atoms with Gasteiger partial charge >= 0.3 is 6.18 Å². The van der Waals surface area contributed by atoms with Crippen molar-refractivity contribution < 1.29 is 22.4 Å². The number of hydrogen-bond acceptors (Lipinski definition) is 4. The molecule has 5 rings (SSSR count). The van der Waals surface area contributed by atoms with Gasteiger partial charge in [0.05, 0.1) is 23.4 Å². The SMILES string of the molecule is O=C1c2cccc(C(F)(F)F)c2CN1c1cccc(-c2ccccc2)c1-c1nnco1. The Bertz CT molecular complexity index is 1270. The van der Waals surface area contributed by atoms with Crippen molar-refractivity contribution in [3.63, 3.8) is 0 Å². The zero-order chi connectivity index (χ0) is 21.6. The number of benzene rings is 3. The van der Waals surface area contributed by atoms with Crippen LogP contribution in [0.5, 0.6) is 0 Å². The Morgan fingerprint density at radius 2 is 1.65 bits per heavy atom. The van der Waals surface area contributed by atoms with Crippen LogP contribution in [-0.4, -0.2) is 16.1 Å². The normalized spacial score (nSPS) is 13.5. The standard InChI is InChI=1S/C23H14F3N3O2/c24-23(25,26)18-10-4-9-16-17(18)12-29(22(16)30)19-11-5-8-15(14-6-2-1-3-7-14)20(19)21-28-27-13-31-21/h1-11,13H,12H2. The van der Waals surface area contributed by atoms with Crippen LogP contribution in [0.15, 0.2) is 77.5 Å². The van der Waals surface area contributed by atoms with Crippen LogP contribution in [0.25, 0.3) is 22.6 Å². The van der Waals surface area contributed by atoms with Gasteiger partial charge in [-0.15, -0.1) is 10.2 Å². The maximum atomic E-state index is 13.5. The fraction of sp³-hybridized carbons (Fsp3) is 0.0870. The van der Waals surface area contributed by atoms with Crippen molar-refractivity contribution in [1.29, 1.82) is 0 Å². The third-order valence-electron chi connectivity index (χ3n) is 5.27. The van der Waals surface area contributed by atoms with Crippen LogP contribution >= 0.6 is 0 Å². The molecule has 0 fully saturated rings. The van der Waals surface area contributed by atoms with Gasteiger partial charge in [0.2, 0.25) is 12.3 Å². The maximum absolute atomic E-state index is 13.5. The summed E-state index contributed by atoms with van der Waals surface area (Å²) >= 11 is 0. The number of aromatic nitrogens is 2. The molecule has 5 nitrogen and oxygen atoms in total. The van der Waals surface area contributed by atoms with Gasteiger partial charge in [0, 0.05) is 5.56 Å². The lowest BCUT2D eigenvalue weighted by atomic mass is 9.97. The fourth-order valence-corrected chi connectivity index (χ4v) is 3.92. The third-order valence-corrected chi connectivity index (χ3v) is 5.27. The molecule has 1 amide bonds. The van der Waals surface area contributed by atoms with Crippen LogP contribution in [-0.2, 0) is 12.7 Å². The number of anilines is 1. The Labute approximate surface area is 174 Å². The monoisotopic (exact) mass is 421 g/mol. The van der Waals surface area contributed by atoms with E-state index in [1.165, 1.54) is 23.4 Å². The number of alkyl halides is 3. The summed E-state index contributed by atoms with van der Waals surface area (Å²) in [7, 11) is 0. The van der Waals surface area contributed by atoms with Crippen molar-refractivity contribution in [3.8, 4) is 22.6 Å². The molecule has 1 aromatic heterocycles. The van der Waals surface area contributed by atoms with E-state index in [0.717, 1.165) is 17.2 Å². The number of amides is 1. The number of fused-ring (bicyclic) bond motifs is 1. The molecule has 0 spiro atoms. The van der Waals surface area contributed by atoms with Gasteiger partial charge in [0.15, 0.2) is 0 Å². The number of hydrogen-bond donors (Lipinski definition) is 0. The number of halogens is 3. The molecular weight excluding hydrogens is 407 g/mol. The van der Waals surface area contributed by atoms with Gasteiger partial charge < -0.3 is 9.32 Å². The highest BCUT2D eigenvalue weighted by molar-refractivity contribution is 6.12. The van der Waals surface area contributed by atoms with E-state index in [0.29, 0.717) is 11.3 Å². The molecule has 0 atom stereocenters. The molecular formula is C23H14F3N3O2. The predicted octanol–water partition coefficient (Wildman–Crippen LogP) is 5.58. The molecule has 0 saturated heterocycles. The molecule has 0 N–H and O–H groups in total. The predicted molar refractivity (Wildman–Crippen MR) is 107 cm³/mol. The minimum atomic E-state index is -4.55. The first-order valence-corrected chi connectivity index (χ1v) is 9.41.